The summed E-state index contributed by atoms with van der Waals surface area (Å²) in [6.07, 6.45) is -0.984. The average Bonchev–Trinajstić information content (AvgIpc) is 3.31. The summed E-state index contributed by atoms with van der Waals surface area (Å²) >= 11 is 0. The van der Waals surface area contributed by atoms with E-state index in [0.717, 1.165) is 16.8 Å². The van der Waals surface area contributed by atoms with Crippen LogP contribution in [0.3, 0.4) is 0 Å². The maximum atomic E-state index is 12.4. The Bertz CT molecular complexity index is 1420. The van der Waals surface area contributed by atoms with Crippen LogP contribution in [-0.2, 0) is 4.74 Å². The second-order valence-electron chi connectivity index (χ2n) is 8.12. The van der Waals surface area contributed by atoms with Gasteiger partial charge in [-0.3, -0.25) is 9.20 Å². The van der Waals surface area contributed by atoms with Gasteiger partial charge in [-0.1, -0.05) is 24.3 Å². The van der Waals surface area contributed by atoms with Crippen molar-refractivity contribution >= 4 is 23.3 Å². The van der Waals surface area contributed by atoms with Crippen molar-refractivity contribution in [1.29, 1.82) is 0 Å². The first kappa shape index (κ1) is 25.7. The van der Waals surface area contributed by atoms with Gasteiger partial charge in [-0.25, -0.2) is 9.78 Å². The fraction of sp³-hybridized carbons (Fsp3) is 0.192. The van der Waals surface area contributed by atoms with Crippen LogP contribution >= 0.6 is 0 Å². The van der Waals surface area contributed by atoms with Gasteiger partial charge in [0, 0.05) is 36.7 Å². The SMILES string of the molecule is COCCNC(=O)c1cccc(-c2ccn3c(-c4cccc(NC(=O)NCC(F)(F)F)c4)cnc3c2)c1. The lowest BCUT2D eigenvalue weighted by Crippen LogP contribution is -2.36. The molecule has 0 spiro atoms. The first-order valence-electron chi connectivity index (χ1n) is 11.3. The molecule has 0 aliphatic rings. The molecule has 0 aliphatic heterocycles. The number of anilines is 1. The molecule has 4 rings (SSSR count). The molecule has 3 N–H and O–H groups in total. The number of alkyl halides is 3. The number of nitrogens with one attached hydrogen (secondary N) is 3. The molecule has 0 saturated carbocycles. The molecule has 2 aromatic heterocycles. The zero-order chi connectivity index (χ0) is 26.4. The van der Waals surface area contributed by atoms with Gasteiger partial charge in [0.15, 0.2) is 0 Å². The number of aromatic nitrogens is 2. The van der Waals surface area contributed by atoms with Crippen molar-refractivity contribution in [3.8, 4) is 22.4 Å². The quantitative estimate of drug-likeness (QED) is 0.298. The van der Waals surface area contributed by atoms with Crippen molar-refractivity contribution in [2.45, 2.75) is 6.18 Å². The van der Waals surface area contributed by atoms with E-state index in [1.54, 1.807) is 49.0 Å². The number of hydrogen-bond acceptors (Lipinski definition) is 4. The van der Waals surface area contributed by atoms with E-state index in [2.05, 4.69) is 15.6 Å². The number of carbonyl (C=O) groups is 2. The van der Waals surface area contributed by atoms with E-state index in [9.17, 15) is 22.8 Å². The summed E-state index contributed by atoms with van der Waals surface area (Å²) in [5.74, 6) is -0.191. The van der Waals surface area contributed by atoms with Gasteiger partial charge in [0.25, 0.3) is 5.91 Å². The van der Waals surface area contributed by atoms with E-state index < -0.39 is 18.8 Å². The third-order valence-corrected chi connectivity index (χ3v) is 5.43. The van der Waals surface area contributed by atoms with Gasteiger partial charge in [-0.05, 0) is 47.5 Å². The van der Waals surface area contributed by atoms with E-state index in [0.29, 0.717) is 35.6 Å². The average molecular weight is 512 g/mol. The molecule has 192 valence electrons. The molecule has 2 heterocycles. The van der Waals surface area contributed by atoms with E-state index in [1.807, 2.05) is 40.9 Å². The number of urea groups is 1. The zero-order valence-electron chi connectivity index (χ0n) is 19.8. The molecule has 0 saturated heterocycles. The predicted octanol–water partition coefficient (Wildman–Crippen LogP) is 4.73. The number of hydrogen-bond donors (Lipinski definition) is 3. The number of benzene rings is 2. The molecule has 11 heteroatoms. The lowest BCUT2D eigenvalue weighted by atomic mass is 10.0. The summed E-state index contributed by atoms with van der Waals surface area (Å²) in [5.41, 5.74) is 4.68. The first-order chi connectivity index (χ1) is 17.7. The Kier molecular flexibility index (Phi) is 7.73. The van der Waals surface area contributed by atoms with E-state index in [1.165, 1.54) is 0 Å². The van der Waals surface area contributed by atoms with Gasteiger partial charge in [0.2, 0.25) is 0 Å². The maximum Gasteiger partial charge on any atom is 0.405 e. The molecule has 4 aromatic rings. The molecule has 0 bridgehead atoms. The van der Waals surface area contributed by atoms with Crippen molar-refractivity contribution in [3.05, 3.63) is 78.6 Å². The molecule has 3 amide bonds. The number of imidazole rings is 1. The minimum Gasteiger partial charge on any atom is -0.383 e. The summed E-state index contributed by atoms with van der Waals surface area (Å²) in [6.45, 7) is -0.582. The lowest BCUT2D eigenvalue weighted by molar-refractivity contribution is -0.122. The number of fused-ring (bicyclic) bond motifs is 1. The van der Waals surface area contributed by atoms with Gasteiger partial charge in [-0.15, -0.1) is 0 Å². The first-order valence-corrected chi connectivity index (χ1v) is 11.3. The normalized spacial score (nSPS) is 11.4. The molecule has 0 radical (unpaired) electrons. The predicted molar refractivity (Wildman–Crippen MR) is 133 cm³/mol. The highest BCUT2D eigenvalue weighted by Gasteiger charge is 2.27. The van der Waals surface area contributed by atoms with Crippen molar-refractivity contribution in [3.63, 3.8) is 0 Å². The van der Waals surface area contributed by atoms with Crippen LogP contribution < -0.4 is 16.0 Å². The van der Waals surface area contributed by atoms with Crippen molar-refractivity contribution in [2.75, 3.05) is 32.1 Å². The largest absolute Gasteiger partial charge is 0.405 e. The number of nitrogens with zero attached hydrogens (tertiary/aromatic N) is 2. The fourth-order valence-electron chi connectivity index (χ4n) is 3.69. The van der Waals surface area contributed by atoms with Crippen LogP contribution in [0, 0.1) is 0 Å². The minimum absolute atomic E-state index is 0.191. The second kappa shape index (κ2) is 11.1. The third-order valence-electron chi connectivity index (χ3n) is 5.43. The lowest BCUT2D eigenvalue weighted by Gasteiger charge is -2.11. The van der Waals surface area contributed by atoms with Crippen molar-refractivity contribution in [1.82, 2.24) is 20.0 Å². The molecule has 2 aromatic carbocycles. The minimum atomic E-state index is -4.49. The number of pyridine rings is 1. The maximum absolute atomic E-state index is 12.4. The third kappa shape index (κ3) is 6.64. The highest BCUT2D eigenvalue weighted by molar-refractivity contribution is 5.95. The van der Waals surface area contributed by atoms with Gasteiger partial charge in [0.1, 0.15) is 12.2 Å². The van der Waals surface area contributed by atoms with Gasteiger partial charge >= 0.3 is 12.2 Å². The molecule has 0 unspecified atom stereocenters. The molecule has 0 atom stereocenters. The number of rotatable bonds is 8. The van der Waals surface area contributed by atoms with Gasteiger partial charge in [0.05, 0.1) is 18.5 Å². The van der Waals surface area contributed by atoms with Crippen LogP contribution in [-0.4, -0.2) is 54.3 Å². The fourth-order valence-corrected chi connectivity index (χ4v) is 3.69. The molecular weight excluding hydrogens is 487 g/mol. The monoisotopic (exact) mass is 511 g/mol. The molecule has 8 nitrogen and oxygen atoms in total. The highest BCUT2D eigenvalue weighted by atomic mass is 19.4. The molecule has 37 heavy (non-hydrogen) atoms. The van der Waals surface area contributed by atoms with Gasteiger partial charge < -0.3 is 20.7 Å². The van der Waals surface area contributed by atoms with Gasteiger partial charge in [-0.2, -0.15) is 13.2 Å². The number of methoxy groups -OCH3 is 1. The zero-order valence-corrected chi connectivity index (χ0v) is 19.8. The number of carbonyl (C=O) groups excluding carboxylic acids is 2. The Morgan fingerprint density at radius 1 is 0.973 bits per heavy atom. The van der Waals surface area contributed by atoms with Crippen LogP contribution in [0.1, 0.15) is 10.4 Å². The van der Waals surface area contributed by atoms with Crippen molar-refractivity contribution in [2.24, 2.45) is 0 Å². The standard InChI is InChI=1S/C26H24F3N5O3/c1-37-11-9-30-24(35)20-6-2-4-17(12-20)18-8-10-34-22(15-31-23(34)14-18)19-5-3-7-21(13-19)33-25(36)32-16-26(27,28)29/h2-8,10,12-15H,9,11,16H2,1H3,(H,30,35)(H2,32,33,36). The summed E-state index contributed by atoms with van der Waals surface area (Å²) in [7, 11) is 1.57. The van der Waals surface area contributed by atoms with Crippen LogP contribution in [0.25, 0.3) is 28.0 Å². The summed E-state index contributed by atoms with van der Waals surface area (Å²) < 4.78 is 43.8. The smallest absolute Gasteiger partial charge is 0.383 e. The summed E-state index contributed by atoms with van der Waals surface area (Å²) in [4.78, 5) is 28.7. The van der Waals surface area contributed by atoms with Crippen LogP contribution in [0.2, 0.25) is 0 Å². The van der Waals surface area contributed by atoms with E-state index in [-0.39, 0.29) is 5.91 Å². The Morgan fingerprint density at radius 2 is 1.73 bits per heavy atom. The Hall–Kier alpha value is -4.38. The Morgan fingerprint density at radius 3 is 2.51 bits per heavy atom. The Labute approximate surface area is 210 Å². The Balaban J connectivity index is 1.53. The topological polar surface area (TPSA) is 96.8 Å². The van der Waals surface area contributed by atoms with Crippen LogP contribution in [0.15, 0.2) is 73.1 Å². The van der Waals surface area contributed by atoms with E-state index in [4.69, 9.17) is 4.74 Å². The van der Waals surface area contributed by atoms with E-state index >= 15 is 0 Å². The number of halogens is 3. The molecular formula is C26H24F3N5O3. The number of amides is 3. The second-order valence-corrected chi connectivity index (χ2v) is 8.12. The van der Waals surface area contributed by atoms with Crippen LogP contribution in [0.5, 0.6) is 0 Å². The van der Waals surface area contributed by atoms with Crippen molar-refractivity contribution < 1.29 is 27.5 Å². The summed E-state index contributed by atoms with van der Waals surface area (Å²) in [5, 5.41) is 6.98. The summed E-state index contributed by atoms with van der Waals surface area (Å²) in [6, 6.07) is 16.8. The highest BCUT2D eigenvalue weighted by Crippen LogP contribution is 2.27. The molecule has 0 aliphatic carbocycles. The number of ether oxygens (including phenoxy) is 1. The van der Waals surface area contributed by atoms with Crippen LogP contribution in [0.4, 0.5) is 23.7 Å². The molecule has 0 fully saturated rings.